The van der Waals surface area contributed by atoms with Crippen LogP contribution in [-0.2, 0) is 9.47 Å². The molecule has 76 valence electrons. The number of hydrogen-bond acceptors (Lipinski definition) is 4. The van der Waals surface area contributed by atoms with E-state index in [1.165, 1.54) is 0 Å². The predicted octanol–water partition coefficient (Wildman–Crippen LogP) is -7.23. The molecule has 6 heteroatoms. The van der Waals surface area contributed by atoms with Crippen molar-refractivity contribution < 1.29 is 101 Å². The van der Waals surface area contributed by atoms with Crippen molar-refractivity contribution in [3.05, 3.63) is 0 Å². The zero-order valence-corrected chi connectivity index (χ0v) is 15.0. The van der Waals surface area contributed by atoms with E-state index in [-0.39, 0.29) is 94.2 Å². The van der Waals surface area contributed by atoms with Gasteiger partial charge < -0.3 is 19.7 Å². The summed E-state index contributed by atoms with van der Waals surface area (Å²) < 4.78 is 9.34. The van der Waals surface area contributed by atoms with Gasteiger partial charge in [-0.05, 0) is 13.8 Å². The molecule has 0 N–H and O–H groups in total. The maximum atomic E-state index is 9.56. The average Bonchev–Trinajstić information content (AvgIpc) is 2.12. The van der Waals surface area contributed by atoms with Gasteiger partial charge in [-0.1, -0.05) is 0 Å². The van der Waals surface area contributed by atoms with Crippen LogP contribution >= 0.6 is 0 Å². The second-order valence-corrected chi connectivity index (χ2v) is 1.80. The number of rotatable bonds is 6. The van der Waals surface area contributed by atoms with Crippen LogP contribution in [0.25, 0.3) is 0 Å². The summed E-state index contributed by atoms with van der Waals surface area (Å²) in [4.78, 5) is 0. The van der Waals surface area contributed by atoms with Gasteiger partial charge in [-0.15, -0.1) is 13.2 Å². The van der Waals surface area contributed by atoms with Crippen LogP contribution in [0.2, 0.25) is 0 Å². The summed E-state index contributed by atoms with van der Waals surface area (Å²) in [7, 11) is 0. The molecule has 0 aliphatic carbocycles. The number of hydrogen-bond donors (Lipinski definition) is 0. The van der Waals surface area contributed by atoms with Gasteiger partial charge in [0.1, 0.15) is 0 Å². The Bertz CT molecular complexity index is 53.3. The molecule has 0 fully saturated rings. The Morgan fingerprint density at radius 2 is 1.14 bits per heavy atom. The van der Waals surface area contributed by atoms with Crippen LogP contribution in [0.1, 0.15) is 13.8 Å². The van der Waals surface area contributed by atoms with Gasteiger partial charge in [0.15, 0.2) is 0 Å². The van der Waals surface area contributed by atoms with Crippen LogP contribution in [0.4, 0.5) is 0 Å². The monoisotopic (exact) mass is 240 g/mol. The fraction of sp³-hybridized carbons (Fsp3) is 1.00. The maximum Gasteiger partial charge on any atom is 1.00 e. The third-order valence-electron chi connectivity index (χ3n) is 0.864. The van der Waals surface area contributed by atoms with E-state index in [2.05, 4.69) is 9.47 Å². The zero-order chi connectivity index (χ0) is 9.66. The third kappa shape index (κ3) is 36.6. The first-order valence-corrected chi connectivity index (χ1v) is 4.15. The molecular weight excluding hydrogens is 222 g/mol. The van der Waals surface area contributed by atoms with E-state index in [0.717, 1.165) is 0 Å². The molecule has 0 aromatic rings. The summed E-state index contributed by atoms with van der Waals surface area (Å²) >= 11 is 0. The van der Waals surface area contributed by atoms with E-state index in [9.17, 15) is 10.2 Å². The fourth-order valence-electron chi connectivity index (χ4n) is 0.407. The van der Waals surface area contributed by atoms with Crippen molar-refractivity contribution >= 4 is 0 Å². The van der Waals surface area contributed by atoms with E-state index >= 15 is 0 Å². The van der Waals surface area contributed by atoms with Gasteiger partial charge in [0, 0.05) is 26.4 Å². The summed E-state index contributed by atoms with van der Waals surface area (Å²) in [5, 5.41) is 19.1. The van der Waals surface area contributed by atoms with Crippen molar-refractivity contribution in [3.8, 4) is 0 Å². The molecule has 0 saturated heterocycles. The van der Waals surface area contributed by atoms with Crippen molar-refractivity contribution in [2.75, 3.05) is 39.6 Å². The molecule has 0 unspecified atom stereocenters. The topological polar surface area (TPSA) is 64.6 Å². The van der Waals surface area contributed by atoms with E-state index in [1.807, 2.05) is 13.8 Å². The van der Waals surface area contributed by atoms with Crippen LogP contribution in [-0.4, -0.2) is 39.6 Å². The van der Waals surface area contributed by atoms with Crippen LogP contribution in [0.3, 0.4) is 0 Å². The van der Waals surface area contributed by atoms with Crippen molar-refractivity contribution in [1.82, 2.24) is 0 Å². The molecule has 0 radical (unpaired) electrons. The first-order chi connectivity index (χ1) is 5.83. The second kappa shape index (κ2) is 29.6. The van der Waals surface area contributed by atoms with Gasteiger partial charge in [0.05, 0.1) is 0 Å². The normalized spacial score (nSPS) is 7.71. The molecule has 0 aromatic heterocycles. The van der Waals surface area contributed by atoms with Gasteiger partial charge in [0.2, 0.25) is 0 Å². The first-order valence-electron chi connectivity index (χ1n) is 4.15. The molecule has 0 heterocycles. The van der Waals surface area contributed by atoms with Crippen LogP contribution < -0.4 is 91.2 Å². The van der Waals surface area contributed by atoms with E-state index in [0.29, 0.717) is 26.4 Å². The third-order valence-corrected chi connectivity index (χ3v) is 0.864. The summed E-state index contributed by atoms with van der Waals surface area (Å²) in [6.45, 7) is 5.53. The molecule has 0 aliphatic heterocycles. The SMILES string of the molecule is CCOCC[O-].CCOCC[O-].[K+].[Na+]. The van der Waals surface area contributed by atoms with Crippen molar-refractivity contribution in [2.45, 2.75) is 13.8 Å². The Morgan fingerprint density at radius 1 is 0.857 bits per heavy atom. The Morgan fingerprint density at radius 3 is 1.21 bits per heavy atom. The first kappa shape index (κ1) is 25.4. The van der Waals surface area contributed by atoms with Gasteiger partial charge in [-0.25, -0.2) is 0 Å². The minimum atomic E-state index is -0.117. The molecule has 0 amide bonds. The minimum Gasteiger partial charge on any atom is -0.853 e. The molecule has 0 atom stereocenters. The van der Waals surface area contributed by atoms with Crippen molar-refractivity contribution in [2.24, 2.45) is 0 Å². The summed E-state index contributed by atoms with van der Waals surface area (Å²) in [5.41, 5.74) is 0. The zero-order valence-electron chi connectivity index (χ0n) is 9.88. The quantitative estimate of drug-likeness (QED) is 0.342. The van der Waals surface area contributed by atoms with Crippen molar-refractivity contribution in [1.29, 1.82) is 0 Å². The van der Waals surface area contributed by atoms with E-state index < -0.39 is 0 Å². The summed E-state index contributed by atoms with van der Waals surface area (Å²) in [5.74, 6) is 0. The molecule has 0 rings (SSSR count). The maximum absolute atomic E-state index is 9.56. The van der Waals surface area contributed by atoms with Crippen LogP contribution in [0.5, 0.6) is 0 Å². The molecule has 0 bridgehead atoms. The Labute approximate surface area is 151 Å². The van der Waals surface area contributed by atoms with Gasteiger partial charge in [-0.3, -0.25) is 0 Å². The molecule has 4 nitrogen and oxygen atoms in total. The summed E-state index contributed by atoms with van der Waals surface area (Å²) in [6.07, 6.45) is 0. The molecule has 14 heavy (non-hydrogen) atoms. The second-order valence-electron chi connectivity index (χ2n) is 1.80. The van der Waals surface area contributed by atoms with E-state index in [4.69, 9.17) is 0 Å². The molecule has 0 spiro atoms. The van der Waals surface area contributed by atoms with Gasteiger partial charge in [-0.2, -0.15) is 0 Å². The Balaban J connectivity index is -0.0000000625. The fourth-order valence-corrected chi connectivity index (χ4v) is 0.407. The largest absolute Gasteiger partial charge is 1.00 e. The molecular formula is C8H18KNaO4. The van der Waals surface area contributed by atoms with Crippen molar-refractivity contribution in [3.63, 3.8) is 0 Å². The smallest absolute Gasteiger partial charge is 0.853 e. The molecule has 0 saturated carbocycles. The van der Waals surface area contributed by atoms with Crippen LogP contribution in [0.15, 0.2) is 0 Å². The number of ether oxygens (including phenoxy) is 2. The summed E-state index contributed by atoms with van der Waals surface area (Å²) in [6, 6.07) is 0. The Hall–Kier alpha value is 2.48. The molecule has 0 aromatic carbocycles. The van der Waals surface area contributed by atoms with E-state index in [1.54, 1.807) is 0 Å². The molecule has 0 aliphatic rings. The minimum absolute atomic E-state index is 0. The van der Waals surface area contributed by atoms with Gasteiger partial charge in [0.25, 0.3) is 0 Å². The van der Waals surface area contributed by atoms with Gasteiger partial charge >= 0.3 is 80.9 Å². The van der Waals surface area contributed by atoms with Crippen LogP contribution in [0, 0.1) is 0 Å². The predicted molar refractivity (Wildman–Crippen MR) is 42.7 cm³/mol. The average molecular weight is 240 g/mol. The standard InChI is InChI=1S/2C4H9O2.K.Na/c2*1-2-6-4-3-5;;/h2*2-4H2,1H3;;/q2*-1;2*+1. The Kier molecular flexibility index (Phi) is 53.5.